The Morgan fingerprint density at radius 2 is 1.86 bits per heavy atom. The molecular formula is C15H10Cl2N2O2. The van der Waals surface area contributed by atoms with Crippen LogP contribution in [0.15, 0.2) is 42.5 Å². The normalized spacial score (nSPS) is 17.0. The lowest BCUT2D eigenvalue weighted by atomic mass is 10.0. The number of hydrogen-bond acceptors (Lipinski definition) is 2. The summed E-state index contributed by atoms with van der Waals surface area (Å²) in [5, 5.41) is -0.510. The monoisotopic (exact) mass is 320 g/mol. The second-order valence-corrected chi connectivity index (χ2v) is 5.49. The molecule has 1 aliphatic rings. The Balaban J connectivity index is 2.37. The Kier molecular flexibility index (Phi) is 3.35. The zero-order valence-corrected chi connectivity index (χ0v) is 12.2. The second kappa shape index (κ2) is 5.06. The molecule has 21 heavy (non-hydrogen) atoms. The number of primary amides is 1. The molecule has 3 rings (SSSR count). The maximum atomic E-state index is 12.6. The predicted molar refractivity (Wildman–Crippen MR) is 82.5 cm³/mol. The third-order valence-electron chi connectivity index (χ3n) is 3.37. The number of para-hydroxylation sites is 1. The summed E-state index contributed by atoms with van der Waals surface area (Å²) in [6.45, 7) is 0. The van der Waals surface area contributed by atoms with Gasteiger partial charge in [0, 0.05) is 16.1 Å². The fourth-order valence-corrected chi connectivity index (χ4v) is 2.93. The van der Waals surface area contributed by atoms with Gasteiger partial charge in [0.15, 0.2) is 5.78 Å². The molecule has 1 unspecified atom stereocenters. The van der Waals surface area contributed by atoms with Crippen molar-refractivity contribution in [3.63, 3.8) is 0 Å². The summed E-state index contributed by atoms with van der Waals surface area (Å²) in [7, 11) is 0. The van der Waals surface area contributed by atoms with E-state index in [1.54, 1.807) is 36.4 Å². The van der Waals surface area contributed by atoms with Crippen molar-refractivity contribution < 1.29 is 9.59 Å². The lowest BCUT2D eigenvalue weighted by molar-refractivity contribution is 0.0988. The number of rotatable bonds is 0. The number of ketones is 1. The maximum Gasteiger partial charge on any atom is 0.323 e. The van der Waals surface area contributed by atoms with Crippen molar-refractivity contribution in [3.8, 4) is 0 Å². The number of alkyl halides is 1. The molecule has 0 saturated carbocycles. The van der Waals surface area contributed by atoms with Crippen LogP contribution in [0, 0.1) is 0 Å². The van der Waals surface area contributed by atoms with Crippen LogP contribution < -0.4 is 10.6 Å². The number of amides is 2. The molecule has 0 bridgehead atoms. The van der Waals surface area contributed by atoms with E-state index >= 15 is 0 Å². The molecule has 0 radical (unpaired) electrons. The number of urea groups is 1. The third-order valence-corrected chi connectivity index (χ3v) is 4.03. The highest BCUT2D eigenvalue weighted by atomic mass is 35.5. The number of nitrogens with two attached hydrogens (primary N) is 1. The fourth-order valence-electron chi connectivity index (χ4n) is 2.45. The number of anilines is 2. The lowest BCUT2D eigenvalue weighted by Crippen LogP contribution is -2.32. The molecule has 2 aromatic rings. The SMILES string of the molecule is NC(=O)N1c2ccc(Cl)cc2C(=O)C(Cl)c2ccccc21. The van der Waals surface area contributed by atoms with Crippen LogP contribution in [0.4, 0.5) is 16.2 Å². The van der Waals surface area contributed by atoms with Gasteiger partial charge in [-0.1, -0.05) is 29.8 Å². The van der Waals surface area contributed by atoms with Crippen LogP contribution in [0.3, 0.4) is 0 Å². The van der Waals surface area contributed by atoms with E-state index in [9.17, 15) is 9.59 Å². The van der Waals surface area contributed by atoms with E-state index in [2.05, 4.69) is 0 Å². The highest BCUT2D eigenvalue weighted by Gasteiger charge is 2.33. The predicted octanol–water partition coefficient (Wildman–Crippen LogP) is 4.03. The molecule has 2 N–H and O–H groups in total. The van der Waals surface area contributed by atoms with E-state index in [-0.39, 0.29) is 11.3 Å². The summed E-state index contributed by atoms with van der Waals surface area (Å²) in [4.78, 5) is 25.7. The first-order chi connectivity index (χ1) is 10.0. The summed E-state index contributed by atoms with van der Waals surface area (Å²) < 4.78 is 0. The molecule has 1 aliphatic heterocycles. The van der Waals surface area contributed by atoms with Gasteiger partial charge >= 0.3 is 6.03 Å². The molecule has 2 amide bonds. The van der Waals surface area contributed by atoms with Gasteiger partial charge in [0.25, 0.3) is 0 Å². The molecule has 2 aromatic carbocycles. The number of hydrogen-bond donors (Lipinski definition) is 1. The van der Waals surface area contributed by atoms with Gasteiger partial charge in [-0.25, -0.2) is 4.79 Å². The zero-order chi connectivity index (χ0) is 15.1. The topological polar surface area (TPSA) is 63.4 Å². The van der Waals surface area contributed by atoms with Crippen LogP contribution >= 0.6 is 23.2 Å². The first-order valence-electron chi connectivity index (χ1n) is 6.17. The van der Waals surface area contributed by atoms with Gasteiger partial charge in [0.2, 0.25) is 0 Å². The van der Waals surface area contributed by atoms with Crippen LogP contribution in [0.1, 0.15) is 21.3 Å². The Morgan fingerprint density at radius 3 is 2.57 bits per heavy atom. The molecule has 1 heterocycles. The van der Waals surface area contributed by atoms with Crippen LogP contribution in [0.5, 0.6) is 0 Å². The van der Waals surface area contributed by atoms with Crippen molar-refractivity contribution in [3.05, 3.63) is 58.6 Å². The van der Waals surface area contributed by atoms with E-state index in [1.165, 1.54) is 11.0 Å². The number of carbonyl (C=O) groups excluding carboxylic acids is 2. The minimum Gasteiger partial charge on any atom is -0.351 e. The standard InChI is InChI=1S/C15H10Cl2N2O2/c16-8-5-6-12-10(7-8)14(20)13(17)9-3-1-2-4-11(9)19(12)15(18)21/h1-7,13H,(H2,18,21). The first kappa shape index (κ1) is 13.9. The number of nitrogens with zero attached hydrogens (tertiary/aromatic N) is 1. The minimum atomic E-state index is -0.900. The van der Waals surface area contributed by atoms with Crippen molar-refractivity contribution in [1.82, 2.24) is 0 Å². The molecule has 106 valence electrons. The average molecular weight is 321 g/mol. The summed E-state index contributed by atoms with van der Waals surface area (Å²) in [5.41, 5.74) is 7.19. The van der Waals surface area contributed by atoms with Gasteiger partial charge < -0.3 is 5.73 Å². The van der Waals surface area contributed by atoms with E-state index < -0.39 is 11.4 Å². The Bertz CT molecular complexity index is 761. The summed E-state index contributed by atoms with van der Waals surface area (Å²) in [6.07, 6.45) is 0. The highest BCUT2D eigenvalue weighted by molar-refractivity contribution is 6.37. The second-order valence-electron chi connectivity index (χ2n) is 4.62. The fraction of sp³-hybridized carbons (Fsp3) is 0.0667. The maximum absolute atomic E-state index is 12.6. The summed E-state index contributed by atoms with van der Waals surface area (Å²) in [6, 6.07) is 10.9. The molecule has 1 atom stereocenters. The number of fused-ring (bicyclic) bond motifs is 2. The Morgan fingerprint density at radius 1 is 1.14 bits per heavy atom. The van der Waals surface area contributed by atoms with Crippen molar-refractivity contribution in [1.29, 1.82) is 0 Å². The molecule has 0 fully saturated rings. The zero-order valence-electron chi connectivity index (χ0n) is 10.7. The van der Waals surface area contributed by atoms with Crippen molar-refractivity contribution in [2.75, 3.05) is 4.90 Å². The molecule has 6 heteroatoms. The number of carbonyl (C=O) groups is 2. The van der Waals surface area contributed by atoms with E-state index in [0.29, 0.717) is 22.0 Å². The molecule has 0 saturated heterocycles. The number of benzene rings is 2. The third kappa shape index (κ3) is 2.17. The van der Waals surface area contributed by atoms with Gasteiger partial charge in [-0.3, -0.25) is 9.69 Å². The van der Waals surface area contributed by atoms with E-state index in [0.717, 1.165) is 0 Å². The highest BCUT2D eigenvalue weighted by Crippen LogP contribution is 2.42. The quantitative estimate of drug-likeness (QED) is 0.745. The first-order valence-corrected chi connectivity index (χ1v) is 6.98. The van der Waals surface area contributed by atoms with Crippen LogP contribution in [-0.4, -0.2) is 11.8 Å². The van der Waals surface area contributed by atoms with Crippen molar-refractivity contribution in [2.45, 2.75) is 5.38 Å². The van der Waals surface area contributed by atoms with Crippen LogP contribution in [0.2, 0.25) is 5.02 Å². The number of Topliss-reactive ketones (excluding diaryl/α,β-unsaturated/α-hetero) is 1. The van der Waals surface area contributed by atoms with Crippen molar-refractivity contribution in [2.24, 2.45) is 5.73 Å². The molecular weight excluding hydrogens is 311 g/mol. The van der Waals surface area contributed by atoms with Crippen LogP contribution in [-0.2, 0) is 0 Å². The van der Waals surface area contributed by atoms with Gasteiger partial charge in [0.05, 0.1) is 11.4 Å². The Labute approximate surface area is 131 Å². The molecule has 4 nitrogen and oxygen atoms in total. The van der Waals surface area contributed by atoms with Gasteiger partial charge in [-0.05, 0) is 24.3 Å². The molecule has 0 aliphatic carbocycles. The minimum absolute atomic E-state index is 0.275. The van der Waals surface area contributed by atoms with Gasteiger partial charge in [-0.2, -0.15) is 0 Å². The number of halogens is 2. The average Bonchev–Trinajstić information content (AvgIpc) is 2.55. The summed E-state index contributed by atoms with van der Waals surface area (Å²) in [5.74, 6) is -0.314. The molecule has 0 spiro atoms. The van der Waals surface area contributed by atoms with Crippen molar-refractivity contribution >= 4 is 46.4 Å². The van der Waals surface area contributed by atoms with Crippen LogP contribution in [0.25, 0.3) is 0 Å². The van der Waals surface area contributed by atoms with E-state index in [4.69, 9.17) is 28.9 Å². The largest absolute Gasteiger partial charge is 0.351 e. The van der Waals surface area contributed by atoms with Gasteiger partial charge in [-0.15, -0.1) is 11.6 Å². The smallest absolute Gasteiger partial charge is 0.323 e. The summed E-state index contributed by atoms with van der Waals surface area (Å²) >= 11 is 12.2. The van der Waals surface area contributed by atoms with Gasteiger partial charge in [0.1, 0.15) is 5.38 Å². The molecule has 0 aromatic heterocycles. The van der Waals surface area contributed by atoms with E-state index in [1.807, 2.05) is 0 Å². The Hall–Kier alpha value is -2.04. The lowest BCUT2D eigenvalue weighted by Gasteiger charge is -2.22.